The van der Waals surface area contributed by atoms with E-state index >= 15 is 0 Å². The standard InChI is InChI=1S/C24H18N4O/c1-16-26-22-14-8-6-12-19(22)24(29)28(16)25-15-20-18-11-5-7-13-21(18)27-23(20)17-9-3-2-4-10-17/h2-15,27H,1H3/b25-15+. The predicted octanol–water partition coefficient (Wildman–Crippen LogP) is 4.74. The summed E-state index contributed by atoms with van der Waals surface area (Å²) in [6.45, 7) is 1.79. The molecule has 0 saturated heterocycles. The highest BCUT2D eigenvalue weighted by atomic mass is 16.1. The van der Waals surface area contributed by atoms with E-state index in [2.05, 4.69) is 27.2 Å². The molecule has 0 aliphatic rings. The molecule has 0 atom stereocenters. The van der Waals surface area contributed by atoms with Gasteiger partial charge in [-0.3, -0.25) is 4.79 Å². The van der Waals surface area contributed by atoms with Crippen molar-refractivity contribution in [2.45, 2.75) is 6.92 Å². The number of nitrogens with zero attached hydrogens (tertiary/aromatic N) is 3. The maximum absolute atomic E-state index is 12.9. The van der Waals surface area contributed by atoms with Crippen LogP contribution < -0.4 is 5.56 Å². The van der Waals surface area contributed by atoms with Crippen LogP contribution in [-0.2, 0) is 0 Å². The van der Waals surface area contributed by atoms with Gasteiger partial charge in [0.2, 0.25) is 0 Å². The zero-order valence-corrected chi connectivity index (χ0v) is 15.8. The zero-order valence-electron chi connectivity index (χ0n) is 15.8. The van der Waals surface area contributed by atoms with Gasteiger partial charge in [-0.25, -0.2) is 4.98 Å². The fourth-order valence-corrected chi connectivity index (χ4v) is 3.62. The predicted molar refractivity (Wildman–Crippen MR) is 117 cm³/mol. The molecule has 5 nitrogen and oxygen atoms in total. The summed E-state index contributed by atoms with van der Waals surface area (Å²) in [5, 5.41) is 6.13. The molecule has 3 aromatic carbocycles. The number of benzene rings is 3. The Hall–Kier alpha value is -3.99. The monoisotopic (exact) mass is 378 g/mol. The first kappa shape index (κ1) is 17.1. The second-order valence-electron chi connectivity index (χ2n) is 6.86. The van der Waals surface area contributed by atoms with E-state index in [9.17, 15) is 4.79 Å². The molecule has 0 unspecified atom stereocenters. The summed E-state index contributed by atoms with van der Waals surface area (Å²) < 4.78 is 1.36. The van der Waals surface area contributed by atoms with E-state index in [1.807, 2.05) is 60.7 Å². The van der Waals surface area contributed by atoms with Gasteiger partial charge in [0, 0.05) is 16.5 Å². The van der Waals surface area contributed by atoms with E-state index in [1.165, 1.54) is 4.68 Å². The van der Waals surface area contributed by atoms with Crippen LogP contribution in [0.15, 0.2) is 88.8 Å². The Labute approximate surface area is 167 Å². The normalized spacial score (nSPS) is 11.6. The average Bonchev–Trinajstić information content (AvgIpc) is 3.13. The van der Waals surface area contributed by atoms with E-state index in [4.69, 9.17) is 0 Å². The van der Waals surface area contributed by atoms with Crippen LogP contribution in [0.25, 0.3) is 33.1 Å². The average molecular weight is 378 g/mol. The van der Waals surface area contributed by atoms with Crippen LogP contribution >= 0.6 is 0 Å². The highest BCUT2D eigenvalue weighted by molar-refractivity contribution is 6.05. The van der Waals surface area contributed by atoms with Crippen molar-refractivity contribution in [1.29, 1.82) is 0 Å². The maximum Gasteiger partial charge on any atom is 0.282 e. The Balaban J connectivity index is 1.71. The van der Waals surface area contributed by atoms with Crippen LogP contribution in [-0.4, -0.2) is 20.9 Å². The highest BCUT2D eigenvalue weighted by Crippen LogP contribution is 2.29. The van der Waals surface area contributed by atoms with Crippen LogP contribution in [0.4, 0.5) is 0 Å². The molecule has 5 rings (SSSR count). The summed E-state index contributed by atoms with van der Waals surface area (Å²) in [5.74, 6) is 0.547. The van der Waals surface area contributed by atoms with Gasteiger partial charge in [-0.2, -0.15) is 9.78 Å². The number of para-hydroxylation sites is 2. The largest absolute Gasteiger partial charge is 0.354 e. The summed E-state index contributed by atoms with van der Waals surface area (Å²) in [6.07, 6.45) is 1.74. The van der Waals surface area contributed by atoms with Crippen molar-refractivity contribution < 1.29 is 0 Å². The summed E-state index contributed by atoms with van der Waals surface area (Å²) in [5.41, 5.74) is 4.49. The lowest BCUT2D eigenvalue weighted by Gasteiger charge is -2.05. The third-order valence-corrected chi connectivity index (χ3v) is 5.03. The van der Waals surface area contributed by atoms with Gasteiger partial charge >= 0.3 is 0 Å². The number of hydrogen-bond acceptors (Lipinski definition) is 3. The fourth-order valence-electron chi connectivity index (χ4n) is 3.62. The van der Waals surface area contributed by atoms with Gasteiger partial charge in [0.15, 0.2) is 0 Å². The minimum atomic E-state index is -0.176. The molecule has 29 heavy (non-hydrogen) atoms. The molecule has 0 radical (unpaired) electrons. The summed E-state index contributed by atoms with van der Waals surface area (Å²) in [7, 11) is 0. The minimum Gasteiger partial charge on any atom is -0.354 e. The van der Waals surface area contributed by atoms with Crippen LogP contribution in [0.2, 0.25) is 0 Å². The first-order chi connectivity index (χ1) is 14.2. The van der Waals surface area contributed by atoms with Gasteiger partial charge in [-0.05, 0) is 30.7 Å². The van der Waals surface area contributed by atoms with Crippen LogP contribution in [0.3, 0.4) is 0 Å². The second-order valence-corrected chi connectivity index (χ2v) is 6.86. The summed E-state index contributed by atoms with van der Waals surface area (Å²) >= 11 is 0. The molecule has 5 heteroatoms. The van der Waals surface area contributed by atoms with Gasteiger partial charge in [-0.15, -0.1) is 0 Å². The number of rotatable bonds is 3. The van der Waals surface area contributed by atoms with Crippen molar-refractivity contribution in [2.24, 2.45) is 5.10 Å². The van der Waals surface area contributed by atoms with E-state index < -0.39 is 0 Å². The lowest BCUT2D eigenvalue weighted by molar-refractivity contribution is 0.771. The smallest absolute Gasteiger partial charge is 0.282 e. The number of fused-ring (bicyclic) bond motifs is 2. The Bertz CT molecular complexity index is 1430. The second kappa shape index (κ2) is 6.87. The third-order valence-electron chi connectivity index (χ3n) is 5.03. The molecular formula is C24H18N4O. The fraction of sp³-hybridized carbons (Fsp3) is 0.0417. The summed E-state index contributed by atoms with van der Waals surface area (Å²) in [4.78, 5) is 20.9. The molecule has 0 bridgehead atoms. The molecule has 0 aliphatic heterocycles. The lowest BCUT2D eigenvalue weighted by Crippen LogP contribution is -2.20. The number of aromatic amines is 1. The molecule has 1 N–H and O–H groups in total. The van der Waals surface area contributed by atoms with E-state index in [0.717, 1.165) is 27.7 Å². The number of nitrogens with one attached hydrogen (secondary N) is 1. The highest BCUT2D eigenvalue weighted by Gasteiger charge is 2.12. The molecule has 2 aromatic heterocycles. The molecule has 140 valence electrons. The zero-order chi connectivity index (χ0) is 19.8. The Morgan fingerprint density at radius 2 is 1.59 bits per heavy atom. The molecule has 0 amide bonds. The molecule has 0 spiro atoms. The van der Waals surface area contributed by atoms with Crippen LogP contribution in [0.5, 0.6) is 0 Å². The van der Waals surface area contributed by atoms with E-state index in [-0.39, 0.29) is 5.56 Å². The van der Waals surface area contributed by atoms with Gasteiger partial charge < -0.3 is 4.98 Å². The SMILES string of the molecule is Cc1nc2ccccc2c(=O)n1/N=C/c1c(-c2ccccc2)[nH]c2ccccc12. The first-order valence-electron chi connectivity index (χ1n) is 9.41. The molecule has 5 aromatic rings. The number of aromatic nitrogens is 3. The third kappa shape index (κ3) is 2.93. The lowest BCUT2D eigenvalue weighted by atomic mass is 10.1. The molecular weight excluding hydrogens is 360 g/mol. The quantitative estimate of drug-likeness (QED) is 0.461. The van der Waals surface area contributed by atoms with Gasteiger partial charge in [-0.1, -0.05) is 60.7 Å². The van der Waals surface area contributed by atoms with Crippen LogP contribution in [0, 0.1) is 6.92 Å². The minimum absolute atomic E-state index is 0.176. The molecule has 0 saturated carbocycles. The Kier molecular flexibility index (Phi) is 4.06. The van der Waals surface area contributed by atoms with Gasteiger partial charge in [0.05, 0.1) is 22.8 Å². The van der Waals surface area contributed by atoms with Crippen molar-refractivity contribution >= 4 is 28.0 Å². The number of H-pyrrole nitrogens is 1. The Morgan fingerprint density at radius 1 is 0.897 bits per heavy atom. The number of hydrogen-bond donors (Lipinski definition) is 1. The number of aryl methyl sites for hydroxylation is 1. The molecule has 0 fully saturated rings. The molecule has 0 aliphatic carbocycles. The van der Waals surface area contributed by atoms with Gasteiger partial charge in [0.1, 0.15) is 5.82 Å². The van der Waals surface area contributed by atoms with Crippen molar-refractivity contribution in [3.63, 3.8) is 0 Å². The van der Waals surface area contributed by atoms with Crippen molar-refractivity contribution in [1.82, 2.24) is 14.6 Å². The van der Waals surface area contributed by atoms with Crippen LogP contribution in [0.1, 0.15) is 11.4 Å². The van der Waals surface area contributed by atoms with Crippen molar-refractivity contribution in [3.05, 3.63) is 101 Å². The first-order valence-corrected chi connectivity index (χ1v) is 9.41. The van der Waals surface area contributed by atoms with E-state index in [1.54, 1.807) is 19.2 Å². The van der Waals surface area contributed by atoms with Gasteiger partial charge in [0.25, 0.3) is 5.56 Å². The summed E-state index contributed by atoms with van der Waals surface area (Å²) in [6, 6.07) is 25.5. The van der Waals surface area contributed by atoms with E-state index in [0.29, 0.717) is 16.7 Å². The van der Waals surface area contributed by atoms with Crippen molar-refractivity contribution in [2.75, 3.05) is 0 Å². The maximum atomic E-state index is 12.9. The Morgan fingerprint density at radius 3 is 2.41 bits per heavy atom. The topological polar surface area (TPSA) is 63.0 Å². The van der Waals surface area contributed by atoms with Crippen molar-refractivity contribution in [3.8, 4) is 11.3 Å². The molecule has 2 heterocycles.